The molecule has 0 heterocycles. The molecule has 1 fully saturated rings. The molecule has 1 saturated carbocycles. The molecule has 110 valence electrons. The Labute approximate surface area is 118 Å². The molecule has 1 aromatic carbocycles. The quantitative estimate of drug-likeness (QED) is 0.832. The fourth-order valence-electron chi connectivity index (χ4n) is 2.84. The molecule has 0 aliphatic heterocycles. The minimum absolute atomic E-state index is 0.0327. The van der Waals surface area contributed by atoms with E-state index in [1.807, 2.05) is 24.3 Å². The molecular weight excluding hydrogens is 258 g/mol. The maximum atomic E-state index is 11.3. The van der Waals surface area contributed by atoms with Crippen molar-refractivity contribution in [3.8, 4) is 11.5 Å². The van der Waals surface area contributed by atoms with E-state index in [1.165, 1.54) is 0 Å². The Bertz CT molecular complexity index is 477. The van der Waals surface area contributed by atoms with Gasteiger partial charge in [-0.3, -0.25) is 4.79 Å². The molecule has 1 aromatic rings. The molecule has 0 aromatic heterocycles. The minimum Gasteiger partial charge on any atom is -0.493 e. The van der Waals surface area contributed by atoms with E-state index in [9.17, 15) is 9.90 Å². The molecule has 0 radical (unpaired) electrons. The topological polar surface area (TPSA) is 81.8 Å². The zero-order valence-corrected chi connectivity index (χ0v) is 11.7. The van der Waals surface area contributed by atoms with Gasteiger partial charge in [-0.2, -0.15) is 0 Å². The lowest BCUT2D eigenvalue weighted by Gasteiger charge is -2.26. The molecule has 2 rings (SSSR count). The molecule has 2 atom stereocenters. The van der Waals surface area contributed by atoms with Gasteiger partial charge in [-0.15, -0.1) is 0 Å². The van der Waals surface area contributed by atoms with Crippen molar-refractivity contribution in [2.24, 2.45) is 11.7 Å². The van der Waals surface area contributed by atoms with Gasteiger partial charge in [0.25, 0.3) is 0 Å². The normalized spacial score (nSPS) is 25.4. The second-order valence-electron chi connectivity index (χ2n) is 5.22. The van der Waals surface area contributed by atoms with Crippen molar-refractivity contribution in [1.29, 1.82) is 0 Å². The maximum Gasteiger partial charge on any atom is 0.323 e. The summed E-state index contributed by atoms with van der Waals surface area (Å²) in [6.07, 6.45) is 2.89. The first-order chi connectivity index (χ1) is 9.58. The van der Waals surface area contributed by atoms with Crippen molar-refractivity contribution in [1.82, 2.24) is 0 Å². The Kier molecular flexibility index (Phi) is 4.49. The highest BCUT2D eigenvalue weighted by Crippen LogP contribution is 2.36. The zero-order chi connectivity index (χ0) is 14.6. The third kappa shape index (κ3) is 2.88. The van der Waals surface area contributed by atoms with Crippen LogP contribution in [0.15, 0.2) is 24.3 Å². The van der Waals surface area contributed by atoms with Gasteiger partial charge in [-0.05, 0) is 37.3 Å². The van der Waals surface area contributed by atoms with E-state index in [-0.39, 0.29) is 5.92 Å². The van der Waals surface area contributed by atoms with Crippen LogP contribution in [-0.4, -0.2) is 30.3 Å². The lowest BCUT2D eigenvalue weighted by atomic mass is 9.86. The average Bonchev–Trinajstić information content (AvgIpc) is 2.82. The summed E-state index contributed by atoms with van der Waals surface area (Å²) < 4.78 is 10.9. The molecule has 0 bridgehead atoms. The van der Waals surface area contributed by atoms with E-state index in [1.54, 1.807) is 7.11 Å². The van der Waals surface area contributed by atoms with Gasteiger partial charge in [0.15, 0.2) is 11.5 Å². The Morgan fingerprint density at radius 3 is 2.80 bits per heavy atom. The van der Waals surface area contributed by atoms with Crippen LogP contribution in [-0.2, 0) is 4.79 Å². The number of para-hydroxylation sites is 2. The summed E-state index contributed by atoms with van der Waals surface area (Å²) in [6.45, 7) is 0.442. The van der Waals surface area contributed by atoms with Gasteiger partial charge in [0.1, 0.15) is 5.54 Å². The van der Waals surface area contributed by atoms with Crippen LogP contribution in [0.25, 0.3) is 0 Å². The lowest BCUT2D eigenvalue weighted by Crippen LogP contribution is -2.51. The highest BCUT2D eigenvalue weighted by Gasteiger charge is 2.45. The molecule has 0 amide bonds. The summed E-state index contributed by atoms with van der Waals surface area (Å²) in [5, 5.41) is 9.26. The van der Waals surface area contributed by atoms with Gasteiger partial charge < -0.3 is 20.3 Å². The van der Waals surface area contributed by atoms with Crippen molar-refractivity contribution >= 4 is 5.97 Å². The summed E-state index contributed by atoms with van der Waals surface area (Å²) in [4.78, 5) is 11.3. The number of aliphatic carboxylic acids is 1. The summed E-state index contributed by atoms with van der Waals surface area (Å²) >= 11 is 0. The van der Waals surface area contributed by atoms with Crippen LogP contribution in [0, 0.1) is 5.92 Å². The van der Waals surface area contributed by atoms with Crippen molar-refractivity contribution in [2.45, 2.75) is 31.2 Å². The standard InChI is InChI=1S/C15H21NO4/c1-19-12-6-2-3-7-13(12)20-10-8-11-5-4-9-15(11,16)14(17)18/h2-3,6-7,11H,4-5,8-10,16H2,1H3,(H,17,18). The van der Waals surface area contributed by atoms with Gasteiger partial charge in [0, 0.05) is 0 Å². The number of benzene rings is 1. The molecule has 0 spiro atoms. The molecule has 3 N–H and O–H groups in total. The average molecular weight is 279 g/mol. The Balaban J connectivity index is 1.91. The molecule has 5 heteroatoms. The van der Waals surface area contributed by atoms with Crippen LogP contribution in [0.5, 0.6) is 11.5 Å². The Morgan fingerprint density at radius 1 is 1.45 bits per heavy atom. The number of nitrogens with two attached hydrogens (primary N) is 1. The number of carboxylic acids is 1. The molecule has 5 nitrogen and oxygen atoms in total. The third-order valence-corrected chi connectivity index (χ3v) is 4.06. The molecule has 0 saturated heterocycles. The summed E-state index contributed by atoms with van der Waals surface area (Å²) in [7, 11) is 1.59. The van der Waals surface area contributed by atoms with Gasteiger partial charge in [-0.25, -0.2) is 0 Å². The van der Waals surface area contributed by atoms with Crippen LogP contribution in [0.3, 0.4) is 0 Å². The number of rotatable bonds is 6. The van der Waals surface area contributed by atoms with Crippen molar-refractivity contribution in [2.75, 3.05) is 13.7 Å². The molecular formula is C15H21NO4. The van der Waals surface area contributed by atoms with E-state index in [0.29, 0.717) is 30.9 Å². The summed E-state index contributed by atoms with van der Waals surface area (Å²) in [5.41, 5.74) is 4.91. The van der Waals surface area contributed by atoms with Crippen LogP contribution in [0.2, 0.25) is 0 Å². The smallest absolute Gasteiger partial charge is 0.323 e. The first-order valence-electron chi connectivity index (χ1n) is 6.86. The largest absolute Gasteiger partial charge is 0.493 e. The lowest BCUT2D eigenvalue weighted by molar-refractivity contribution is -0.144. The van der Waals surface area contributed by atoms with Crippen molar-refractivity contribution in [3.63, 3.8) is 0 Å². The predicted octanol–water partition coefficient (Wildman–Crippen LogP) is 2.05. The Hall–Kier alpha value is -1.75. The fourth-order valence-corrected chi connectivity index (χ4v) is 2.84. The third-order valence-electron chi connectivity index (χ3n) is 4.06. The molecule has 20 heavy (non-hydrogen) atoms. The van der Waals surface area contributed by atoms with Crippen LogP contribution in [0.1, 0.15) is 25.7 Å². The van der Waals surface area contributed by atoms with Gasteiger partial charge >= 0.3 is 5.97 Å². The van der Waals surface area contributed by atoms with Gasteiger partial charge in [0.05, 0.1) is 13.7 Å². The van der Waals surface area contributed by atoms with E-state index in [0.717, 1.165) is 12.8 Å². The number of carbonyl (C=O) groups is 1. The van der Waals surface area contributed by atoms with Crippen LogP contribution >= 0.6 is 0 Å². The number of hydrogen-bond donors (Lipinski definition) is 2. The second kappa shape index (κ2) is 6.13. The van der Waals surface area contributed by atoms with Crippen LogP contribution in [0.4, 0.5) is 0 Å². The monoisotopic (exact) mass is 279 g/mol. The van der Waals surface area contributed by atoms with Crippen molar-refractivity contribution in [3.05, 3.63) is 24.3 Å². The predicted molar refractivity (Wildman–Crippen MR) is 75.0 cm³/mol. The first-order valence-corrected chi connectivity index (χ1v) is 6.86. The van der Waals surface area contributed by atoms with Gasteiger partial charge in [0.2, 0.25) is 0 Å². The van der Waals surface area contributed by atoms with Gasteiger partial charge in [-0.1, -0.05) is 18.6 Å². The number of hydrogen-bond acceptors (Lipinski definition) is 4. The Morgan fingerprint density at radius 2 is 2.15 bits per heavy atom. The summed E-state index contributed by atoms with van der Waals surface area (Å²) in [5.74, 6) is 0.411. The molecule has 1 aliphatic carbocycles. The highest BCUT2D eigenvalue weighted by molar-refractivity contribution is 5.79. The van der Waals surface area contributed by atoms with E-state index >= 15 is 0 Å². The molecule has 2 unspecified atom stereocenters. The second-order valence-corrected chi connectivity index (χ2v) is 5.22. The molecule has 1 aliphatic rings. The van der Waals surface area contributed by atoms with E-state index in [4.69, 9.17) is 15.2 Å². The maximum absolute atomic E-state index is 11.3. The van der Waals surface area contributed by atoms with E-state index < -0.39 is 11.5 Å². The summed E-state index contributed by atoms with van der Waals surface area (Å²) in [6, 6.07) is 7.41. The SMILES string of the molecule is COc1ccccc1OCCC1CCCC1(N)C(=O)O. The fraction of sp³-hybridized carbons (Fsp3) is 0.533. The van der Waals surface area contributed by atoms with Crippen LogP contribution < -0.4 is 15.2 Å². The van der Waals surface area contributed by atoms with Crippen molar-refractivity contribution < 1.29 is 19.4 Å². The zero-order valence-electron chi connectivity index (χ0n) is 11.7. The number of methoxy groups -OCH3 is 1. The minimum atomic E-state index is -1.09. The number of carboxylic acid groups (broad SMARTS) is 1. The highest BCUT2D eigenvalue weighted by atomic mass is 16.5. The van der Waals surface area contributed by atoms with E-state index in [2.05, 4.69) is 0 Å². The first kappa shape index (κ1) is 14.7. The number of ether oxygens (including phenoxy) is 2.